The third kappa shape index (κ3) is 3.36. The highest BCUT2D eigenvalue weighted by Gasteiger charge is 2.23. The summed E-state index contributed by atoms with van der Waals surface area (Å²) in [6.45, 7) is 6.10. The van der Waals surface area contributed by atoms with Gasteiger partial charge in [0.05, 0.1) is 6.61 Å². The predicted molar refractivity (Wildman–Crippen MR) is 74.3 cm³/mol. The molecule has 1 amide bonds. The summed E-state index contributed by atoms with van der Waals surface area (Å²) in [5.41, 5.74) is 0. The Hall–Kier alpha value is -1.78. The lowest BCUT2D eigenvalue weighted by Crippen LogP contribution is -2.39. The number of anilines is 1. The van der Waals surface area contributed by atoms with Gasteiger partial charge >= 0.3 is 0 Å². The topological polar surface area (TPSA) is 54.5 Å². The molecule has 1 N–H and O–H groups in total. The van der Waals surface area contributed by atoms with Crippen molar-refractivity contribution in [3.05, 3.63) is 18.3 Å². The first-order valence-corrected chi connectivity index (χ1v) is 6.85. The molecule has 0 bridgehead atoms. The van der Waals surface area contributed by atoms with E-state index in [9.17, 15) is 4.79 Å². The zero-order valence-corrected chi connectivity index (χ0v) is 11.6. The molecule has 1 aromatic rings. The molecule has 2 rings (SSSR count). The van der Waals surface area contributed by atoms with Crippen molar-refractivity contribution >= 4 is 11.7 Å². The highest BCUT2D eigenvalue weighted by molar-refractivity contribution is 5.84. The Morgan fingerprint density at radius 1 is 1.53 bits per heavy atom. The fourth-order valence-corrected chi connectivity index (χ4v) is 2.25. The zero-order valence-electron chi connectivity index (χ0n) is 11.6. The van der Waals surface area contributed by atoms with E-state index in [2.05, 4.69) is 10.3 Å². The number of amides is 1. The van der Waals surface area contributed by atoms with E-state index in [0.29, 0.717) is 18.2 Å². The molecule has 0 aliphatic carbocycles. The van der Waals surface area contributed by atoms with Crippen LogP contribution < -0.4 is 10.1 Å². The highest BCUT2D eigenvalue weighted by atomic mass is 16.5. The van der Waals surface area contributed by atoms with Crippen molar-refractivity contribution in [3.8, 4) is 5.75 Å². The van der Waals surface area contributed by atoms with Crippen LogP contribution in [0.4, 0.5) is 5.82 Å². The number of hydrogen-bond donors (Lipinski definition) is 1. The van der Waals surface area contributed by atoms with Crippen LogP contribution in [-0.2, 0) is 4.79 Å². The summed E-state index contributed by atoms with van der Waals surface area (Å²) >= 11 is 0. The fourth-order valence-electron chi connectivity index (χ4n) is 2.25. The van der Waals surface area contributed by atoms with Gasteiger partial charge in [0.15, 0.2) is 11.6 Å². The lowest BCUT2D eigenvalue weighted by molar-refractivity contribution is -0.130. The summed E-state index contributed by atoms with van der Waals surface area (Å²) in [4.78, 5) is 18.4. The Morgan fingerprint density at radius 3 is 2.95 bits per heavy atom. The van der Waals surface area contributed by atoms with Crippen LogP contribution in [0.3, 0.4) is 0 Å². The lowest BCUT2D eigenvalue weighted by atomic mass is 10.3. The molecule has 5 heteroatoms. The lowest BCUT2D eigenvalue weighted by Gasteiger charge is -2.22. The molecule has 1 aromatic heterocycles. The summed E-state index contributed by atoms with van der Waals surface area (Å²) in [6, 6.07) is 3.39. The normalized spacial score (nSPS) is 16.2. The van der Waals surface area contributed by atoms with Crippen molar-refractivity contribution in [2.75, 3.05) is 25.0 Å². The summed E-state index contributed by atoms with van der Waals surface area (Å²) in [5, 5.41) is 3.14. The van der Waals surface area contributed by atoms with E-state index in [1.165, 1.54) is 0 Å². The Kier molecular flexibility index (Phi) is 4.60. The first-order valence-electron chi connectivity index (χ1n) is 6.85. The number of carbonyl (C=O) groups excluding carboxylic acids is 1. The minimum atomic E-state index is -0.285. The number of nitrogens with zero attached hydrogens (tertiary/aromatic N) is 2. The molecule has 1 aliphatic rings. The molecule has 0 saturated carbocycles. The average molecular weight is 263 g/mol. The maximum Gasteiger partial charge on any atom is 0.244 e. The molecule has 0 aromatic carbocycles. The van der Waals surface area contributed by atoms with Crippen molar-refractivity contribution < 1.29 is 9.53 Å². The van der Waals surface area contributed by atoms with Gasteiger partial charge in [-0.2, -0.15) is 0 Å². The summed E-state index contributed by atoms with van der Waals surface area (Å²) < 4.78 is 5.49. The third-order valence-corrected chi connectivity index (χ3v) is 3.21. The van der Waals surface area contributed by atoms with Crippen LogP contribution in [0.15, 0.2) is 18.3 Å². The highest BCUT2D eigenvalue weighted by Crippen LogP contribution is 2.22. The molecule has 1 saturated heterocycles. The maximum absolute atomic E-state index is 12.2. The second-order valence-electron chi connectivity index (χ2n) is 4.68. The van der Waals surface area contributed by atoms with Crippen LogP contribution in [0.25, 0.3) is 0 Å². The van der Waals surface area contributed by atoms with Gasteiger partial charge in [-0.1, -0.05) is 0 Å². The molecule has 1 unspecified atom stereocenters. The van der Waals surface area contributed by atoms with Crippen LogP contribution in [0.1, 0.15) is 26.7 Å². The Morgan fingerprint density at radius 2 is 2.26 bits per heavy atom. The number of carbonyl (C=O) groups is 1. The van der Waals surface area contributed by atoms with Gasteiger partial charge in [0, 0.05) is 19.3 Å². The monoisotopic (exact) mass is 263 g/mol. The molecule has 104 valence electrons. The molecule has 2 heterocycles. The van der Waals surface area contributed by atoms with Crippen LogP contribution in [-0.4, -0.2) is 41.5 Å². The van der Waals surface area contributed by atoms with Crippen molar-refractivity contribution in [2.24, 2.45) is 0 Å². The molecule has 0 radical (unpaired) electrons. The molecule has 1 fully saturated rings. The SMILES string of the molecule is CCOc1cccnc1NC(C)C(=O)N1CCCC1. The quantitative estimate of drug-likeness (QED) is 0.881. The average Bonchev–Trinajstić information content (AvgIpc) is 2.94. The summed E-state index contributed by atoms with van der Waals surface area (Å²) in [6.07, 6.45) is 3.90. The van der Waals surface area contributed by atoms with Gasteiger partial charge in [-0.25, -0.2) is 4.98 Å². The molecule has 1 atom stereocenters. The maximum atomic E-state index is 12.2. The second kappa shape index (κ2) is 6.41. The fraction of sp³-hybridized carbons (Fsp3) is 0.571. The van der Waals surface area contributed by atoms with Gasteiger partial charge in [-0.05, 0) is 38.8 Å². The number of hydrogen-bond acceptors (Lipinski definition) is 4. The third-order valence-electron chi connectivity index (χ3n) is 3.21. The van der Waals surface area contributed by atoms with E-state index in [1.807, 2.05) is 30.9 Å². The number of aromatic nitrogens is 1. The number of ether oxygens (including phenoxy) is 1. The summed E-state index contributed by atoms with van der Waals surface area (Å²) in [7, 11) is 0. The minimum absolute atomic E-state index is 0.130. The zero-order chi connectivity index (χ0) is 13.7. The van der Waals surface area contributed by atoms with Gasteiger partial charge in [-0.15, -0.1) is 0 Å². The van der Waals surface area contributed by atoms with Gasteiger partial charge in [0.25, 0.3) is 0 Å². The van der Waals surface area contributed by atoms with E-state index in [1.54, 1.807) is 6.20 Å². The van der Waals surface area contributed by atoms with Crippen molar-refractivity contribution in [3.63, 3.8) is 0 Å². The van der Waals surface area contributed by atoms with Crippen molar-refractivity contribution in [2.45, 2.75) is 32.7 Å². The molecule has 0 spiro atoms. The van der Waals surface area contributed by atoms with E-state index in [4.69, 9.17) is 4.74 Å². The standard InChI is InChI=1S/C14H21N3O2/c1-3-19-12-7-6-8-15-13(12)16-11(2)14(18)17-9-4-5-10-17/h6-8,11H,3-5,9-10H2,1-2H3,(H,15,16). The van der Waals surface area contributed by atoms with E-state index >= 15 is 0 Å². The van der Waals surface area contributed by atoms with Crippen LogP contribution in [0, 0.1) is 0 Å². The van der Waals surface area contributed by atoms with Crippen LogP contribution in [0.5, 0.6) is 5.75 Å². The number of pyridine rings is 1. The number of nitrogens with one attached hydrogen (secondary N) is 1. The van der Waals surface area contributed by atoms with Crippen LogP contribution >= 0.6 is 0 Å². The van der Waals surface area contributed by atoms with Gasteiger partial charge < -0.3 is 15.0 Å². The summed E-state index contributed by atoms with van der Waals surface area (Å²) in [5.74, 6) is 1.45. The van der Waals surface area contributed by atoms with E-state index in [0.717, 1.165) is 25.9 Å². The minimum Gasteiger partial charge on any atom is -0.490 e. The van der Waals surface area contributed by atoms with Crippen LogP contribution in [0.2, 0.25) is 0 Å². The van der Waals surface area contributed by atoms with Crippen molar-refractivity contribution in [1.29, 1.82) is 0 Å². The molecule has 1 aliphatic heterocycles. The molecule has 5 nitrogen and oxygen atoms in total. The first-order chi connectivity index (χ1) is 9.22. The Labute approximate surface area is 114 Å². The largest absolute Gasteiger partial charge is 0.490 e. The molecular weight excluding hydrogens is 242 g/mol. The predicted octanol–water partition coefficient (Wildman–Crippen LogP) is 1.90. The van der Waals surface area contributed by atoms with Crippen molar-refractivity contribution in [1.82, 2.24) is 9.88 Å². The van der Waals surface area contributed by atoms with Gasteiger partial charge in [0.2, 0.25) is 5.91 Å². The molecular formula is C14H21N3O2. The van der Waals surface area contributed by atoms with Gasteiger partial charge in [-0.3, -0.25) is 4.79 Å². The second-order valence-corrected chi connectivity index (χ2v) is 4.68. The first kappa shape index (κ1) is 13.6. The Balaban J connectivity index is 2.01. The smallest absolute Gasteiger partial charge is 0.244 e. The van der Waals surface area contributed by atoms with E-state index < -0.39 is 0 Å². The van der Waals surface area contributed by atoms with Gasteiger partial charge in [0.1, 0.15) is 6.04 Å². The number of likely N-dealkylation sites (tertiary alicyclic amines) is 1. The number of rotatable bonds is 5. The molecule has 19 heavy (non-hydrogen) atoms. The Bertz CT molecular complexity index is 430. The van der Waals surface area contributed by atoms with E-state index in [-0.39, 0.29) is 11.9 Å².